The summed E-state index contributed by atoms with van der Waals surface area (Å²) in [6.45, 7) is 4.92. The molecular formula is C12H13F2IO3. The molecule has 0 aromatic heterocycles. The molecule has 0 heterocycles. The van der Waals surface area contributed by atoms with Gasteiger partial charge in [-0.15, -0.1) is 0 Å². The summed E-state index contributed by atoms with van der Waals surface area (Å²) in [4.78, 5) is 11.9. The number of carbonyl (C=O) groups is 1. The zero-order valence-electron chi connectivity index (χ0n) is 10.4. The van der Waals surface area contributed by atoms with Crippen LogP contribution in [-0.2, 0) is 4.74 Å². The fourth-order valence-electron chi connectivity index (χ4n) is 1.29. The lowest BCUT2D eigenvalue weighted by Gasteiger charge is -2.21. The van der Waals surface area contributed by atoms with E-state index in [-0.39, 0.29) is 5.75 Å². The Kier molecular flexibility index (Phi) is 4.52. The van der Waals surface area contributed by atoms with E-state index >= 15 is 0 Å². The van der Waals surface area contributed by atoms with Gasteiger partial charge < -0.3 is 9.47 Å². The maximum absolute atomic E-state index is 13.7. The average molecular weight is 370 g/mol. The van der Waals surface area contributed by atoms with Crippen LogP contribution in [0.25, 0.3) is 0 Å². The Morgan fingerprint density at radius 2 is 1.89 bits per heavy atom. The molecule has 0 atom stereocenters. The summed E-state index contributed by atoms with van der Waals surface area (Å²) in [7, 11) is 1.28. The fourth-order valence-corrected chi connectivity index (χ4v) is 2.05. The quantitative estimate of drug-likeness (QED) is 0.454. The van der Waals surface area contributed by atoms with Gasteiger partial charge in [0.05, 0.1) is 10.7 Å². The van der Waals surface area contributed by atoms with E-state index in [2.05, 4.69) is 0 Å². The molecule has 0 unspecified atom stereocenters. The molecule has 1 aromatic carbocycles. The Bertz CT molecular complexity index is 481. The molecule has 0 aliphatic heterocycles. The van der Waals surface area contributed by atoms with Crippen LogP contribution in [0.15, 0.2) is 6.07 Å². The SMILES string of the molecule is COc1c(I)cc(F)c(F)c1C(=O)OC(C)(C)C. The number of carbonyl (C=O) groups excluding carboxylic acids is 1. The Morgan fingerprint density at radius 3 is 2.33 bits per heavy atom. The first-order valence-electron chi connectivity index (χ1n) is 5.12. The summed E-state index contributed by atoms with van der Waals surface area (Å²) in [5.41, 5.74) is -1.32. The Morgan fingerprint density at radius 1 is 1.33 bits per heavy atom. The maximum atomic E-state index is 13.7. The highest BCUT2D eigenvalue weighted by Crippen LogP contribution is 2.31. The molecule has 0 spiro atoms. The van der Waals surface area contributed by atoms with Crippen molar-refractivity contribution in [3.8, 4) is 5.75 Å². The highest BCUT2D eigenvalue weighted by molar-refractivity contribution is 14.1. The monoisotopic (exact) mass is 370 g/mol. The number of rotatable bonds is 2. The van der Waals surface area contributed by atoms with Crippen molar-refractivity contribution in [2.24, 2.45) is 0 Å². The number of hydrogen-bond acceptors (Lipinski definition) is 3. The molecule has 0 N–H and O–H groups in total. The van der Waals surface area contributed by atoms with Crippen LogP contribution in [0.4, 0.5) is 8.78 Å². The molecule has 1 rings (SSSR count). The standard InChI is InChI=1S/C12H13F2IO3/c1-12(2,3)18-11(16)8-9(14)6(13)5-7(15)10(8)17-4/h5H,1-4H3. The van der Waals surface area contributed by atoms with Crippen LogP contribution >= 0.6 is 22.6 Å². The Labute approximate surface area is 118 Å². The van der Waals surface area contributed by atoms with E-state index in [4.69, 9.17) is 9.47 Å². The molecule has 18 heavy (non-hydrogen) atoms. The highest BCUT2D eigenvalue weighted by Gasteiger charge is 2.28. The summed E-state index contributed by atoms with van der Waals surface area (Å²) >= 11 is 1.76. The summed E-state index contributed by atoms with van der Waals surface area (Å²) in [5, 5.41) is 0. The Balaban J connectivity index is 3.34. The third-order valence-corrected chi connectivity index (χ3v) is 2.74. The van der Waals surface area contributed by atoms with Crippen molar-refractivity contribution in [3.63, 3.8) is 0 Å². The van der Waals surface area contributed by atoms with Crippen molar-refractivity contribution in [2.75, 3.05) is 7.11 Å². The number of hydrogen-bond donors (Lipinski definition) is 0. The van der Waals surface area contributed by atoms with Crippen LogP contribution in [0.3, 0.4) is 0 Å². The van der Waals surface area contributed by atoms with Crippen LogP contribution in [0.2, 0.25) is 0 Å². The van der Waals surface area contributed by atoms with E-state index in [0.29, 0.717) is 3.57 Å². The Hall–Kier alpha value is -0.920. The van der Waals surface area contributed by atoms with Crippen LogP contribution < -0.4 is 4.74 Å². The second-order valence-corrected chi connectivity index (χ2v) is 5.73. The molecule has 100 valence electrons. The number of ether oxygens (including phenoxy) is 2. The molecule has 0 fully saturated rings. The fraction of sp³-hybridized carbons (Fsp3) is 0.417. The number of benzene rings is 1. The lowest BCUT2D eigenvalue weighted by atomic mass is 10.1. The molecule has 0 bridgehead atoms. The average Bonchev–Trinajstić information content (AvgIpc) is 2.20. The van der Waals surface area contributed by atoms with Gasteiger partial charge in [-0.05, 0) is 49.4 Å². The second-order valence-electron chi connectivity index (χ2n) is 4.56. The van der Waals surface area contributed by atoms with Gasteiger partial charge in [0.1, 0.15) is 16.9 Å². The largest absolute Gasteiger partial charge is 0.495 e. The third-order valence-electron chi connectivity index (χ3n) is 1.93. The van der Waals surface area contributed by atoms with E-state index in [1.165, 1.54) is 7.11 Å². The van der Waals surface area contributed by atoms with E-state index in [1.54, 1.807) is 43.4 Å². The van der Waals surface area contributed by atoms with Crippen LogP contribution in [0, 0.1) is 15.2 Å². The van der Waals surface area contributed by atoms with Gasteiger partial charge >= 0.3 is 5.97 Å². The zero-order valence-corrected chi connectivity index (χ0v) is 12.6. The molecule has 6 heteroatoms. The normalized spacial score (nSPS) is 11.3. The van der Waals surface area contributed by atoms with Gasteiger partial charge in [0.2, 0.25) is 0 Å². The first-order valence-corrected chi connectivity index (χ1v) is 6.20. The zero-order chi connectivity index (χ0) is 14.1. The van der Waals surface area contributed by atoms with Gasteiger partial charge in [-0.1, -0.05) is 0 Å². The highest BCUT2D eigenvalue weighted by atomic mass is 127. The van der Waals surface area contributed by atoms with Gasteiger partial charge in [0.15, 0.2) is 11.6 Å². The summed E-state index contributed by atoms with van der Waals surface area (Å²) in [5.74, 6) is -3.35. The molecule has 0 radical (unpaired) electrons. The smallest absolute Gasteiger partial charge is 0.345 e. The van der Waals surface area contributed by atoms with Gasteiger partial charge in [-0.2, -0.15) is 0 Å². The number of halogens is 3. The minimum absolute atomic E-state index is 0.0243. The number of methoxy groups -OCH3 is 1. The lowest BCUT2D eigenvalue weighted by molar-refractivity contribution is 0.00602. The van der Waals surface area contributed by atoms with Gasteiger partial charge in [0.25, 0.3) is 0 Å². The minimum atomic E-state index is -1.26. The minimum Gasteiger partial charge on any atom is -0.495 e. The topological polar surface area (TPSA) is 35.5 Å². The molecule has 0 aliphatic carbocycles. The van der Waals surface area contributed by atoms with Crippen molar-refractivity contribution in [2.45, 2.75) is 26.4 Å². The van der Waals surface area contributed by atoms with Gasteiger partial charge in [0, 0.05) is 0 Å². The van der Waals surface area contributed by atoms with Crippen molar-refractivity contribution >= 4 is 28.6 Å². The molecule has 0 saturated heterocycles. The molecule has 1 aromatic rings. The van der Waals surface area contributed by atoms with E-state index in [1.807, 2.05) is 0 Å². The number of esters is 1. The van der Waals surface area contributed by atoms with E-state index in [9.17, 15) is 13.6 Å². The summed E-state index contributed by atoms with van der Waals surface area (Å²) in [6, 6.07) is 0.961. The van der Waals surface area contributed by atoms with Gasteiger partial charge in [-0.3, -0.25) is 0 Å². The van der Waals surface area contributed by atoms with Crippen LogP contribution in [0.5, 0.6) is 5.75 Å². The first-order chi connectivity index (χ1) is 8.17. The van der Waals surface area contributed by atoms with E-state index in [0.717, 1.165) is 6.07 Å². The van der Waals surface area contributed by atoms with Crippen molar-refractivity contribution in [3.05, 3.63) is 26.8 Å². The van der Waals surface area contributed by atoms with Crippen LogP contribution in [0.1, 0.15) is 31.1 Å². The summed E-state index contributed by atoms with van der Waals surface area (Å²) < 4.78 is 37.3. The van der Waals surface area contributed by atoms with Crippen molar-refractivity contribution < 1.29 is 23.0 Å². The van der Waals surface area contributed by atoms with Crippen molar-refractivity contribution in [1.82, 2.24) is 0 Å². The molecular weight excluding hydrogens is 357 g/mol. The van der Waals surface area contributed by atoms with E-state index < -0.39 is 28.8 Å². The molecule has 0 saturated carbocycles. The predicted molar refractivity (Wildman–Crippen MR) is 70.8 cm³/mol. The lowest BCUT2D eigenvalue weighted by Crippen LogP contribution is -2.25. The van der Waals surface area contributed by atoms with Crippen LogP contribution in [-0.4, -0.2) is 18.7 Å². The van der Waals surface area contributed by atoms with Crippen molar-refractivity contribution in [1.29, 1.82) is 0 Å². The third kappa shape index (κ3) is 3.30. The summed E-state index contributed by atoms with van der Waals surface area (Å²) in [6.07, 6.45) is 0. The molecule has 0 aliphatic rings. The molecule has 0 amide bonds. The predicted octanol–water partition coefficient (Wildman–Crippen LogP) is 3.53. The second kappa shape index (κ2) is 5.38. The van der Waals surface area contributed by atoms with Gasteiger partial charge in [-0.25, -0.2) is 13.6 Å². The first kappa shape index (κ1) is 15.1. The molecule has 3 nitrogen and oxygen atoms in total. The maximum Gasteiger partial charge on any atom is 0.345 e.